The molecule has 0 saturated carbocycles. The number of hydrogen-bond donors (Lipinski definition) is 2. The lowest BCUT2D eigenvalue weighted by atomic mass is 10.1. The highest BCUT2D eigenvalue weighted by atomic mass is 35.5. The monoisotopic (exact) mass is 275 g/mol. The van der Waals surface area contributed by atoms with Crippen molar-refractivity contribution in [1.82, 2.24) is 5.32 Å². The van der Waals surface area contributed by atoms with Crippen molar-refractivity contribution in [3.63, 3.8) is 0 Å². The molecular weight excluding hydrogens is 265 g/mol. The smallest absolute Gasteiger partial charge is 0.323 e. The summed E-state index contributed by atoms with van der Waals surface area (Å²) in [5.74, 6) is -0.911. The first-order valence-electron chi connectivity index (χ1n) is 5.10. The Bertz CT molecular complexity index is 431. The number of ether oxygens (including phenoxy) is 1. The zero-order valence-electron chi connectivity index (χ0n) is 8.82. The van der Waals surface area contributed by atoms with Crippen LogP contribution in [0.2, 0.25) is 10.0 Å². The Hall–Kier alpha value is -0.810. The van der Waals surface area contributed by atoms with E-state index in [4.69, 9.17) is 33.0 Å². The molecule has 0 spiro atoms. The summed E-state index contributed by atoms with van der Waals surface area (Å²) in [5.41, 5.74) is 0.812. The van der Waals surface area contributed by atoms with E-state index in [1.807, 2.05) is 0 Å². The average Bonchev–Trinajstić information content (AvgIpc) is 2.29. The van der Waals surface area contributed by atoms with Crippen molar-refractivity contribution >= 4 is 29.2 Å². The van der Waals surface area contributed by atoms with Gasteiger partial charge in [0.05, 0.1) is 12.7 Å². The molecule has 4 nitrogen and oxygen atoms in total. The molecule has 0 aliphatic carbocycles. The lowest BCUT2D eigenvalue weighted by Gasteiger charge is -2.28. The van der Waals surface area contributed by atoms with E-state index in [1.54, 1.807) is 18.2 Å². The van der Waals surface area contributed by atoms with Gasteiger partial charge in [-0.05, 0) is 12.1 Å². The second-order valence-electron chi connectivity index (χ2n) is 3.79. The molecular formula is C11H11Cl2NO3. The van der Waals surface area contributed by atoms with E-state index >= 15 is 0 Å². The van der Waals surface area contributed by atoms with E-state index < -0.39 is 12.0 Å². The first kappa shape index (κ1) is 12.6. The van der Waals surface area contributed by atoms with Gasteiger partial charge in [-0.25, -0.2) is 0 Å². The first-order valence-corrected chi connectivity index (χ1v) is 5.86. The molecule has 1 aromatic carbocycles. The molecule has 2 N–H and O–H groups in total. The number of morpholine rings is 1. The molecule has 1 heterocycles. The lowest BCUT2D eigenvalue weighted by Crippen LogP contribution is -2.47. The molecule has 1 aliphatic rings. The van der Waals surface area contributed by atoms with Gasteiger partial charge < -0.3 is 9.84 Å². The minimum Gasteiger partial charge on any atom is -0.480 e. The van der Waals surface area contributed by atoms with Gasteiger partial charge in [0.15, 0.2) is 0 Å². The van der Waals surface area contributed by atoms with Crippen molar-refractivity contribution in [2.24, 2.45) is 0 Å². The summed E-state index contributed by atoms with van der Waals surface area (Å²) in [4.78, 5) is 10.7. The van der Waals surface area contributed by atoms with Gasteiger partial charge in [0.1, 0.15) is 6.04 Å². The van der Waals surface area contributed by atoms with Crippen molar-refractivity contribution in [2.45, 2.75) is 12.1 Å². The maximum Gasteiger partial charge on any atom is 0.323 e. The Balaban J connectivity index is 2.08. The third-order valence-electron chi connectivity index (χ3n) is 2.62. The van der Waals surface area contributed by atoms with Gasteiger partial charge in [-0.1, -0.05) is 29.3 Å². The molecule has 0 radical (unpaired) electrons. The molecule has 1 saturated heterocycles. The van der Waals surface area contributed by atoms with Gasteiger partial charge in [0.25, 0.3) is 0 Å². The fraction of sp³-hybridized carbons (Fsp3) is 0.364. The zero-order chi connectivity index (χ0) is 12.4. The molecule has 6 heteroatoms. The molecule has 1 fully saturated rings. The lowest BCUT2D eigenvalue weighted by molar-refractivity contribution is -0.144. The Morgan fingerprint density at radius 2 is 2.24 bits per heavy atom. The summed E-state index contributed by atoms with van der Waals surface area (Å²) < 4.78 is 5.49. The standard InChI is InChI=1S/C11H11Cl2NO3/c12-6-1-2-7(8(13)3-6)10-4-14-9(5-17-10)11(15)16/h1-3,9-10,14H,4-5H2,(H,15,16). The molecule has 1 aromatic rings. The van der Waals surface area contributed by atoms with Crippen LogP contribution in [-0.4, -0.2) is 30.3 Å². The largest absolute Gasteiger partial charge is 0.480 e. The van der Waals surface area contributed by atoms with Gasteiger partial charge in [-0.15, -0.1) is 0 Å². The van der Waals surface area contributed by atoms with E-state index in [0.29, 0.717) is 16.6 Å². The van der Waals surface area contributed by atoms with Gasteiger partial charge in [0.2, 0.25) is 0 Å². The Kier molecular flexibility index (Phi) is 3.89. The van der Waals surface area contributed by atoms with Crippen LogP contribution in [0.1, 0.15) is 11.7 Å². The number of carboxylic acids is 1. The molecule has 2 atom stereocenters. The highest BCUT2D eigenvalue weighted by molar-refractivity contribution is 6.35. The summed E-state index contributed by atoms with van der Waals surface area (Å²) in [6, 6.07) is 4.51. The van der Waals surface area contributed by atoms with Crippen molar-refractivity contribution in [3.8, 4) is 0 Å². The van der Waals surface area contributed by atoms with Crippen LogP contribution < -0.4 is 5.32 Å². The van der Waals surface area contributed by atoms with Gasteiger partial charge in [-0.3, -0.25) is 10.1 Å². The predicted molar refractivity (Wildman–Crippen MR) is 64.6 cm³/mol. The third-order valence-corrected chi connectivity index (χ3v) is 3.18. The number of halogens is 2. The molecule has 1 aliphatic heterocycles. The van der Waals surface area contributed by atoms with Gasteiger partial charge >= 0.3 is 5.97 Å². The molecule has 0 aromatic heterocycles. The summed E-state index contributed by atoms with van der Waals surface area (Å²) in [5, 5.41) is 12.8. The van der Waals surface area contributed by atoms with E-state index in [2.05, 4.69) is 5.32 Å². The van der Waals surface area contributed by atoms with Crippen LogP contribution >= 0.6 is 23.2 Å². The molecule has 2 rings (SSSR count). The fourth-order valence-corrected chi connectivity index (χ4v) is 2.23. The number of benzene rings is 1. The minimum absolute atomic E-state index is 0.124. The highest BCUT2D eigenvalue weighted by Gasteiger charge is 2.27. The maximum absolute atomic E-state index is 10.7. The van der Waals surface area contributed by atoms with Crippen LogP contribution in [0.4, 0.5) is 0 Å². The van der Waals surface area contributed by atoms with Crippen LogP contribution in [0.25, 0.3) is 0 Å². The fourth-order valence-electron chi connectivity index (χ4n) is 1.70. The van der Waals surface area contributed by atoms with Crippen molar-refractivity contribution < 1.29 is 14.6 Å². The molecule has 0 amide bonds. The van der Waals surface area contributed by atoms with Gasteiger partial charge in [-0.2, -0.15) is 0 Å². The van der Waals surface area contributed by atoms with Crippen LogP contribution in [0.3, 0.4) is 0 Å². The maximum atomic E-state index is 10.7. The summed E-state index contributed by atoms with van der Waals surface area (Å²) in [6.45, 7) is 0.539. The second-order valence-corrected chi connectivity index (χ2v) is 4.63. The Morgan fingerprint density at radius 3 is 2.76 bits per heavy atom. The number of carbonyl (C=O) groups is 1. The quantitative estimate of drug-likeness (QED) is 0.868. The predicted octanol–water partition coefficient (Wildman–Crippen LogP) is 2.11. The number of hydrogen-bond acceptors (Lipinski definition) is 3. The Labute approximate surface area is 108 Å². The summed E-state index contributed by atoms with van der Waals surface area (Å²) >= 11 is 11.9. The topological polar surface area (TPSA) is 58.6 Å². The van der Waals surface area contributed by atoms with Crippen LogP contribution in [0.15, 0.2) is 18.2 Å². The zero-order valence-corrected chi connectivity index (χ0v) is 10.3. The van der Waals surface area contributed by atoms with E-state index in [1.165, 1.54) is 0 Å². The minimum atomic E-state index is -0.911. The molecule has 17 heavy (non-hydrogen) atoms. The summed E-state index contributed by atoms with van der Waals surface area (Å²) in [7, 11) is 0. The number of rotatable bonds is 2. The molecule has 0 bridgehead atoms. The van der Waals surface area contributed by atoms with Crippen LogP contribution in [-0.2, 0) is 9.53 Å². The average molecular weight is 276 g/mol. The SMILES string of the molecule is O=C(O)C1COC(c2ccc(Cl)cc2Cl)CN1. The van der Waals surface area contributed by atoms with Crippen molar-refractivity contribution in [3.05, 3.63) is 33.8 Å². The summed E-state index contributed by atoms with van der Waals surface area (Å²) in [6.07, 6.45) is -0.240. The highest BCUT2D eigenvalue weighted by Crippen LogP contribution is 2.29. The van der Waals surface area contributed by atoms with Crippen molar-refractivity contribution in [2.75, 3.05) is 13.2 Å². The van der Waals surface area contributed by atoms with Gasteiger partial charge in [0, 0.05) is 22.2 Å². The van der Waals surface area contributed by atoms with E-state index in [0.717, 1.165) is 5.56 Å². The number of nitrogens with one attached hydrogen (secondary N) is 1. The normalized spacial score (nSPS) is 24.6. The van der Waals surface area contributed by atoms with Crippen LogP contribution in [0, 0.1) is 0 Å². The number of aliphatic carboxylic acids is 1. The van der Waals surface area contributed by atoms with Crippen molar-refractivity contribution in [1.29, 1.82) is 0 Å². The molecule has 92 valence electrons. The third kappa shape index (κ3) is 2.90. The second kappa shape index (κ2) is 5.23. The first-order chi connectivity index (χ1) is 8.08. The molecule has 2 unspecified atom stereocenters. The Morgan fingerprint density at radius 1 is 1.47 bits per heavy atom. The van der Waals surface area contributed by atoms with E-state index in [-0.39, 0.29) is 12.7 Å². The van der Waals surface area contributed by atoms with Crippen LogP contribution in [0.5, 0.6) is 0 Å². The van der Waals surface area contributed by atoms with E-state index in [9.17, 15) is 4.79 Å². The number of carboxylic acid groups (broad SMARTS) is 1.